The Morgan fingerprint density at radius 1 is 1.07 bits per heavy atom. The third-order valence-electron chi connectivity index (χ3n) is 5.76. The molecule has 0 saturated carbocycles. The van der Waals surface area contributed by atoms with Crippen molar-refractivity contribution < 1.29 is 9.13 Å². The van der Waals surface area contributed by atoms with Gasteiger partial charge in [0.05, 0.1) is 18.9 Å². The standard InChI is InChI=1S/C22H23FN4O/c23-16-5-1-14-4-8-18-20(25-22(24)26-21(18)19(14)13-16)15-2-6-17(7-3-15)27-9-11-28-12-10-27/h1-3,5-7,13,20H,4,8-12H2,(H3,24,25,26). The summed E-state index contributed by atoms with van der Waals surface area (Å²) in [4.78, 5) is 7.00. The third kappa shape index (κ3) is 3.03. The van der Waals surface area contributed by atoms with E-state index in [1.54, 1.807) is 6.07 Å². The number of guanidine groups is 1. The van der Waals surface area contributed by atoms with Crippen molar-refractivity contribution in [2.24, 2.45) is 10.7 Å². The van der Waals surface area contributed by atoms with Crippen LogP contribution < -0.4 is 16.0 Å². The van der Waals surface area contributed by atoms with Crippen LogP contribution in [0, 0.1) is 5.82 Å². The molecule has 2 heterocycles. The smallest absolute Gasteiger partial charge is 0.194 e. The normalized spacial score (nSPS) is 21.5. The largest absolute Gasteiger partial charge is 0.378 e. The highest BCUT2D eigenvalue weighted by Gasteiger charge is 2.30. The summed E-state index contributed by atoms with van der Waals surface area (Å²) in [7, 11) is 0. The molecule has 1 saturated heterocycles. The van der Waals surface area contributed by atoms with Gasteiger partial charge in [-0.2, -0.15) is 0 Å². The quantitative estimate of drug-likeness (QED) is 0.843. The number of morpholine rings is 1. The minimum atomic E-state index is -0.234. The van der Waals surface area contributed by atoms with Crippen LogP contribution in [-0.4, -0.2) is 32.3 Å². The number of fused-ring (bicyclic) bond motifs is 2. The number of aryl methyl sites for hydroxylation is 1. The van der Waals surface area contributed by atoms with E-state index >= 15 is 0 Å². The Labute approximate surface area is 163 Å². The third-order valence-corrected chi connectivity index (χ3v) is 5.76. The Bertz CT molecular complexity index is 961. The van der Waals surface area contributed by atoms with E-state index in [-0.39, 0.29) is 11.9 Å². The summed E-state index contributed by atoms with van der Waals surface area (Å²) in [6.07, 6.45) is 1.77. The van der Waals surface area contributed by atoms with Gasteiger partial charge in [-0.3, -0.25) is 0 Å². The van der Waals surface area contributed by atoms with Crippen molar-refractivity contribution in [1.29, 1.82) is 0 Å². The maximum atomic E-state index is 13.9. The van der Waals surface area contributed by atoms with Gasteiger partial charge in [-0.1, -0.05) is 18.2 Å². The second-order valence-electron chi connectivity index (χ2n) is 7.43. The van der Waals surface area contributed by atoms with Crippen molar-refractivity contribution in [1.82, 2.24) is 5.32 Å². The maximum absolute atomic E-state index is 13.9. The van der Waals surface area contributed by atoms with Gasteiger partial charge in [0.2, 0.25) is 0 Å². The fourth-order valence-electron chi connectivity index (χ4n) is 4.33. The van der Waals surface area contributed by atoms with Crippen LogP contribution in [0.5, 0.6) is 0 Å². The zero-order chi connectivity index (χ0) is 19.1. The lowest BCUT2D eigenvalue weighted by Crippen LogP contribution is -2.37. The van der Waals surface area contributed by atoms with Gasteiger partial charge in [0.15, 0.2) is 5.96 Å². The van der Waals surface area contributed by atoms with Crippen molar-refractivity contribution in [3.63, 3.8) is 0 Å². The van der Waals surface area contributed by atoms with Crippen molar-refractivity contribution in [2.45, 2.75) is 18.9 Å². The number of ether oxygens (including phenoxy) is 1. The average Bonchev–Trinajstić information content (AvgIpc) is 2.74. The molecule has 5 rings (SSSR count). The Morgan fingerprint density at radius 3 is 2.64 bits per heavy atom. The molecule has 1 aliphatic carbocycles. The van der Waals surface area contributed by atoms with Gasteiger partial charge in [-0.15, -0.1) is 0 Å². The van der Waals surface area contributed by atoms with Crippen LogP contribution in [0.3, 0.4) is 0 Å². The van der Waals surface area contributed by atoms with E-state index in [1.807, 2.05) is 6.07 Å². The maximum Gasteiger partial charge on any atom is 0.194 e. The second-order valence-corrected chi connectivity index (χ2v) is 7.43. The van der Waals surface area contributed by atoms with Crippen LogP contribution >= 0.6 is 0 Å². The summed E-state index contributed by atoms with van der Waals surface area (Å²) in [6, 6.07) is 13.4. The molecule has 0 radical (unpaired) electrons. The number of nitrogens with two attached hydrogens (primary N) is 1. The molecular formula is C22H23FN4O. The summed E-state index contributed by atoms with van der Waals surface area (Å²) in [5.41, 5.74) is 12.5. The van der Waals surface area contributed by atoms with Crippen LogP contribution in [0.25, 0.3) is 5.70 Å². The van der Waals surface area contributed by atoms with Crippen molar-refractivity contribution >= 4 is 17.3 Å². The lowest BCUT2D eigenvalue weighted by Gasteiger charge is -2.32. The highest BCUT2D eigenvalue weighted by Crippen LogP contribution is 2.41. The molecule has 5 nitrogen and oxygen atoms in total. The Balaban J connectivity index is 1.50. The summed E-state index contributed by atoms with van der Waals surface area (Å²) >= 11 is 0. The number of aliphatic imine (C=N–C) groups is 1. The van der Waals surface area contributed by atoms with Crippen molar-refractivity contribution in [2.75, 3.05) is 31.2 Å². The van der Waals surface area contributed by atoms with Gasteiger partial charge in [0, 0.05) is 24.3 Å². The number of anilines is 1. The lowest BCUT2D eigenvalue weighted by atomic mass is 9.83. The number of rotatable bonds is 2. The van der Waals surface area contributed by atoms with Crippen molar-refractivity contribution in [3.05, 3.63) is 70.5 Å². The summed E-state index contributed by atoms with van der Waals surface area (Å²) in [5.74, 6) is 0.139. The summed E-state index contributed by atoms with van der Waals surface area (Å²) < 4.78 is 19.3. The average molecular weight is 378 g/mol. The molecule has 0 amide bonds. The molecule has 6 heteroatoms. The lowest BCUT2D eigenvalue weighted by molar-refractivity contribution is 0.122. The summed E-state index contributed by atoms with van der Waals surface area (Å²) in [5, 5.41) is 3.18. The van der Waals surface area contributed by atoms with Gasteiger partial charge in [-0.25, -0.2) is 9.38 Å². The number of halogens is 1. The zero-order valence-electron chi connectivity index (χ0n) is 15.6. The molecule has 28 heavy (non-hydrogen) atoms. The van der Waals surface area contributed by atoms with E-state index in [4.69, 9.17) is 10.5 Å². The molecule has 1 fully saturated rings. The molecule has 2 aliphatic heterocycles. The molecular weight excluding hydrogens is 355 g/mol. The predicted octanol–water partition coefficient (Wildman–Crippen LogP) is 2.98. The Morgan fingerprint density at radius 2 is 1.86 bits per heavy atom. The number of benzene rings is 2. The fourth-order valence-corrected chi connectivity index (χ4v) is 4.33. The van der Waals surface area contributed by atoms with E-state index < -0.39 is 0 Å². The highest BCUT2D eigenvalue weighted by atomic mass is 19.1. The first-order chi connectivity index (χ1) is 13.7. The van der Waals surface area contributed by atoms with Gasteiger partial charge < -0.3 is 20.7 Å². The van der Waals surface area contributed by atoms with Gasteiger partial charge in [0.25, 0.3) is 0 Å². The first-order valence-electron chi connectivity index (χ1n) is 9.74. The minimum absolute atomic E-state index is 0.133. The van der Waals surface area contributed by atoms with E-state index in [9.17, 15) is 4.39 Å². The molecule has 3 N–H and O–H groups in total. The Kier molecular flexibility index (Phi) is 4.28. The van der Waals surface area contributed by atoms with Crippen LogP contribution in [-0.2, 0) is 11.2 Å². The summed E-state index contributed by atoms with van der Waals surface area (Å²) in [6.45, 7) is 3.36. The first-order valence-corrected chi connectivity index (χ1v) is 9.74. The minimum Gasteiger partial charge on any atom is -0.378 e. The monoisotopic (exact) mass is 378 g/mol. The van der Waals surface area contributed by atoms with Crippen LogP contribution in [0.2, 0.25) is 0 Å². The van der Waals surface area contributed by atoms with E-state index in [1.165, 1.54) is 17.3 Å². The number of hydrogen-bond acceptors (Lipinski definition) is 5. The molecule has 0 aromatic heterocycles. The first kappa shape index (κ1) is 17.3. The van der Waals surface area contributed by atoms with Gasteiger partial charge in [-0.05, 0) is 53.8 Å². The van der Waals surface area contributed by atoms with Crippen molar-refractivity contribution in [3.8, 4) is 0 Å². The fraction of sp³-hybridized carbons (Fsp3) is 0.318. The van der Waals surface area contributed by atoms with Gasteiger partial charge in [0.1, 0.15) is 11.9 Å². The predicted molar refractivity (Wildman–Crippen MR) is 109 cm³/mol. The molecule has 2 aromatic rings. The van der Waals surface area contributed by atoms with E-state index in [2.05, 4.69) is 39.5 Å². The topological polar surface area (TPSA) is 62.9 Å². The molecule has 0 spiro atoms. The van der Waals surface area contributed by atoms with E-state index in [0.717, 1.165) is 61.5 Å². The van der Waals surface area contributed by atoms with E-state index in [0.29, 0.717) is 5.96 Å². The molecule has 1 atom stereocenters. The van der Waals surface area contributed by atoms with Crippen LogP contribution in [0.15, 0.2) is 53.0 Å². The zero-order valence-corrected chi connectivity index (χ0v) is 15.6. The molecule has 2 aromatic carbocycles. The number of nitrogens with zero attached hydrogens (tertiary/aromatic N) is 2. The second kappa shape index (κ2) is 6.95. The Hall–Kier alpha value is -2.86. The van der Waals surface area contributed by atoms with Crippen LogP contribution in [0.1, 0.15) is 29.2 Å². The number of hydrogen-bond donors (Lipinski definition) is 2. The molecule has 0 bridgehead atoms. The molecule has 3 aliphatic rings. The SMILES string of the molecule is NC1=NC(c2ccc(N3CCOCC3)cc2)C2=C(N1)c1cc(F)ccc1CC2. The van der Waals surface area contributed by atoms with Gasteiger partial charge >= 0.3 is 0 Å². The van der Waals surface area contributed by atoms with Crippen LogP contribution in [0.4, 0.5) is 10.1 Å². The molecule has 144 valence electrons. The highest BCUT2D eigenvalue weighted by molar-refractivity contribution is 5.92. The number of nitrogens with one attached hydrogen (secondary N) is 1. The molecule has 1 unspecified atom stereocenters.